The molecule has 4 nitrogen and oxygen atoms in total. The van der Waals surface area contributed by atoms with Crippen molar-refractivity contribution >= 4 is 11.6 Å². The van der Waals surface area contributed by atoms with E-state index in [0.29, 0.717) is 12.6 Å². The zero-order valence-electron chi connectivity index (χ0n) is 13.6. The van der Waals surface area contributed by atoms with Crippen LogP contribution in [0, 0.1) is 5.82 Å². The second-order valence-corrected chi connectivity index (χ2v) is 6.64. The number of amides is 1. The monoisotopic (exact) mass is 319 g/mol. The first-order valence-corrected chi connectivity index (χ1v) is 8.73. The Morgan fingerprint density at radius 2 is 1.70 bits per heavy atom. The number of carbonyl (C=O) groups excluding carboxylic acids is 1. The maximum atomic E-state index is 13.0. The van der Waals surface area contributed by atoms with Crippen molar-refractivity contribution in [2.75, 3.05) is 37.6 Å². The van der Waals surface area contributed by atoms with Gasteiger partial charge in [-0.2, -0.15) is 0 Å². The van der Waals surface area contributed by atoms with Crippen molar-refractivity contribution in [2.24, 2.45) is 0 Å². The fourth-order valence-electron chi connectivity index (χ4n) is 3.54. The lowest BCUT2D eigenvalue weighted by molar-refractivity contribution is -0.123. The summed E-state index contributed by atoms with van der Waals surface area (Å²) in [6.07, 6.45) is 6.04. The minimum Gasteiger partial charge on any atom is -0.369 e. The second-order valence-electron chi connectivity index (χ2n) is 6.64. The van der Waals surface area contributed by atoms with E-state index in [1.54, 1.807) is 0 Å². The van der Waals surface area contributed by atoms with Gasteiger partial charge in [-0.15, -0.1) is 0 Å². The van der Waals surface area contributed by atoms with Crippen LogP contribution in [0.15, 0.2) is 24.3 Å². The molecule has 1 aromatic rings. The highest BCUT2D eigenvalue weighted by Crippen LogP contribution is 2.18. The number of halogens is 1. The van der Waals surface area contributed by atoms with Crippen molar-refractivity contribution in [2.45, 2.75) is 38.1 Å². The van der Waals surface area contributed by atoms with E-state index >= 15 is 0 Å². The lowest BCUT2D eigenvalue weighted by Gasteiger charge is -2.36. The number of hydrogen-bond donors (Lipinski definition) is 1. The number of benzene rings is 1. The smallest absolute Gasteiger partial charge is 0.234 e. The highest BCUT2D eigenvalue weighted by atomic mass is 19.1. The van der Waals surface area contributed by atoms with Gasteiger partial charge in [0, 0.05) is 37.9 Å². The van der Waals surface area contributed by atoms with Crippen molar-refractivity contribution in [1.82, 2.24) is 10.2 Å². The Hall–Kier alpha value is -1.62. The van der Waals surface area contributed by atoms with Gasteiger partial charge in [0.15, 0.2) is 0 Å². The van der Waals surface area contributed by atoms with Crippen molar-refractivity contribution in [3.8, 4) is 0 Å². The minimum atomic E-state index is -0.202. The van der Waals surface area contributed by atoms with Gasteiger partial charge in [-0.1, -0.05) is 19.3 Å². The molecule has 0 atom stereocenters. The summed E-state index contributed by atoms with van der Waals surface area (Å²) in [7, 11) is 0. The summed E-state index contributed by atoms with van der Waals surface area (Å²) < 4.78 is 13.0. The molecule has 23 heavy (non-hydrogen) atoms. The summed E-state index contributed by atoms with van der Waals surface area (Å²) in [6.45, 7) is 3.99. The van der Waals surface area contributed by atoms with Gasteiger partial charge in [-0.25, -0.2) is 4.39 Å². The van der Waals surface area contributed by atoms with Crippen LogP contribution in [0.4, 0.5) is 10.1 Å². The third-order valence-electron chi connectivity index (χ3n) is 4.90. The number of carbonyl (C=O) groups is 1. The van der Waals surface area contributed by atoms with Crippen LogP contribution in [0.25, 0.3) is 0 Å². The average Bonchev–Trinajstić information content (AvgIpc) is 2.57. The van der Waals surface area contributed by atoms with Gasteiger partial charge < -0.3 is 10.2 Å². The fourth-order valence-corrected chi connectivity index (χ4v) is 3.54. The maximum Gasteiger partial charge on any atom is 0.234 e. The third kappa shape index (κ3) is 4.67. The van der Waals surface area contributed by atoms with E-state index in [0.717, 1.165) is 44.7 Å². The Labute approximate surface area is 137 Å². The van der Waals surface area contributed by atoms with Crippen LogP contribution >= 0.6 is 0 Å². The minimum absolute atomic E-state index is 0.159. The molecule has 0 aromatic heterocycles. The summed E-state index contributed by atoms with van der Waals surface area (Å²) in [6, 6.07) is 7.02. The quantitative estimate of drug-likeness (QED) is 0.926. The molecule has 126 valence electrons. The lowest BCUT2D eigenvalue weighted by Crippen LogP contribution is -2.50. The first-order chi connectivity index (χ1) is 11.2. The van der Waals surface area contributed by atoms with Crippen LogP contribution < -0.4 is 10.2 Å². The van der Waals surface area contributed by atoms with Gasteiger partial charge >= 0.3 is 0 Å². The van der Waals surface area contributed by atoms with Crippen molar-refractivity contribution in [3.63, 3.8) is 0 Å². The third-order valence-corrected chi connectivity index (χ3v) is 4.90. The summed E-state index contributed by atoms with van der Waals surface area (Å²) in [5.41, 5.74) is 1.05. The number of nitrogens with one attached hydrogen (secondary N) is 1. The Morgan fingerprint density at radius 1 is 1.04 bits per heavy atom. The molecule has 5 heteroatoms. The van der Waals surface area contributed by atoms with Crippen LogP contribution in [0.1, 0.15) is 32.1 Å². The summed E-state index contributed by atoms with van der Waals surface area (Å²) >= 11 is 0. The molecule has 0 spiro atoms. The van der Waals surface area contributed by atoms with E-state index < -0.39 is 0 Å². The van der Waals surface area contributed by atoms with E-state index in [2.05, 4.69) is 15.1 Å². The van der Waals surface area contributed by atoms with Crippen LogP contribution in [0.5, 0.6) is 0 Å². The molecule has 1 amide bonds. The first-order valence-electron chi connectivity index (χ1n) is 8.73. The molecule has 0 radical (unpaired) electrons. The summed E-state index contributed by atoms with van der Waals surface area (Å²) in [4.78, 5) is 16.6. The van der Waals surface area contributed by atoms with E-state index in [1.807, 2.05) is 12.1 Å². The normalized spacial score (nSPS) is 20.5. The maximum absolute atomic E-state index is 13.0. The van der Waals surface area contributed by atoms with Crippen LogP contribution in [0.2, 0.25) is 0 Å². The van der Waals surface area contributed by atoms with E-state index in [1.165, 1.54) is 31.4 Å². The number of nitrogens with zero attached hydrogens (tertiary/aromatic N) is 2. The molecular weight excluding hydrogens is 293 g/mol. The van der Waals surface area contributed by atoms with Crippen LogP contribution in [-0.2, 0) is 4.79 Å². The van der Waals surface area contributed by atoms with Gasteiger partial charge in [0.05, 0.1) is 6.54 Å². The van der Waals surface area contributed by atoms with Gasteiger partial charge in [0.25, 0.3) is 0 Å². The SMILES string of the molecule is O=C(CN1CCN(c2ccc(F)cc2)CC1)NC1CCCCC1. The standard InChI is InChI=1S/C18H26FN3O/c19-15-6-8-17(9-7-15)22-12-10-21(11-13-22)14-18(23)20-16-4-2-1-3-5-16/h6-9,16H,1-5,10-14H2,(H,20,23). The molecule has 1 aromatic carbocycles. The van der Waals surface area contributed by atoms with Gasteiger partial charge in [0.2, 0.25) is 5.91 Å². The second kappa shape index (κ2) is 7.77. The van der Waals surface area contributed by atoms with Crippen molar-refractivity contribution in [3.05, 3.63) is 30.1 Å². The molecule has 0 unspecified atom stereocenters. The molecule has 2 aliphatic rings. The molecule has 2 fully saturated rings. The predicted octanol–water partition coefficient (Wildman–Crippen LogP) is 2.40. The molecular formula is C18H26FN3O. The Bertz CT molecular complexity index is 506. The molecule has 1 heterocycles. The van der Waals surface area contributed by atoms with Crippen molar-refractivity contribution in [1.29, 1.82) is 0 Å². The average molecular weight is 319 g/mol. The predicted molar refractivity (Wildman–Crippen MR) is 90.1 cm³/mol. The van der Waals surface area contributed by atoms with Gasteiger partial charge in [-0.05, 0) is 37.1 Å². The molecule has 1 aliphatic carbocycles. The molecule has 3 rings (SSSR count). The summed E-state index contributed by atoms with van der Waals surface area (Å²) in [5, 5.41) is 3.18. The summed E-state index contributed by atoms with van der Waals surface area (Å²) in [5.74, 6) is -0.0427. The van der Waals surface area contributed by atoms with Gasteiger partial charge in [0.1, 0.15) is 5.82 Å². The van der Waals surface area contributed by atoms with Crippen LogP contribution in [0.3, 0.4) is 0 Å². The zero-order valence-corrected chi connectivity index (χ0v) is 13.6. The molecule has 1 N–H and O–H groups in total. The number of anilines is 1. The molecule has 1 saturated carbocycles. The topological polar surface area (TPSA) is 35.6 Å². The largest absolute Gasteiger partial charge is 0.369 e. The van der Waals surface area contributed by atoms with E-state index in [-0.39, 0.29) is 11.7 Å². The van der Waals surface area contributed by atoms with E-state index in [9.17, 15) is 9.18 Å². The first kappa shape index (κ1) is 16.2. The number of hydrogen-bond acceptors (Lipinski definition) is 3. The highest BCUT2D eigenvalue weighted by Gasteiger charge is 2.21. The molecule has 1 aliphatic heterocycles. The van der Waals surface area contributed by atoms with Crippen molar-refractivity contribution < 1.29 is 9.18 Å². The molecule has 0 bridgehead atoms. The number of piperazine rings is 1. The Morgan fingerprint density at radius 3 is 2.35 bits per heavy atom. The van der Waals surface area contributed by atoms with Crippen LogP contribution in [-0.4, -0.2) is 49.6 Å². The van der Waals surface area contributed by atoms with Gasteiger partial charge in [-0.3, -0.25) is 9.69 Å². The van der Waals surface area contributed by atoms with E-state index in [4.69, 9.17) is 0 Å². The fraction of sp³-hybridized carbons (Fsp3) is 0.611. The zero-order chi connectivity index (χ0) is 16.1. The molecule has 1 saturated heterocycles. The number of rotatable bonds is 4. The highest BCUT2D eigenvalue weighted by molar-refractivity contribution is 5.78. The Balaban J connectivity index is 1.41. The lowest BCUT2D eigenvalue weighted by atomic mass is 9.95. The Kier molecular flexibility index (Phi) is 5.49.